The Morgan fingerprint density at radius 3 is 2.83 bits per heavy atom. The number of rotatable bonds is 4. The van der Waals surface area contributed by atoms with Gasteiger partial charge in [0.2, 0.25) is 0 Å². The third-order valence-electron chi connectivity index (χ3n) is 3.40. The minimum Gasteiger partial charge on any atom is -0.450 e. The number of guanidine groups is 1. The predicted octanol–water partition coefficient (Wildman–Crippen LogP) is 3.15. The van der Waals surface area contributed by atoms with Gasteiger partial charge >= 0.3 is 6.09 Å². The third-order valence-corrected chi connectivity index (χ3v) is 5.08. The first-order valence-corrected chi connectivity index (χ1v) is 8.96. The number of amides is 1. The van der Waals surface area contributed by atoms with E-state index in [4.69, 9.17) is 10.5 Å². The summed E-state index contributed by atoms with van der Waals surface area (Å²) in [7, 11) is 0. The fourth-order valence-corrected chi connectivity index (χ4v) is 3.65. The molecule has 23 heavy (non-hydrogen) atoms. The van der Waals surface area contributed by atoms with Crippen molar-refractivity contribution >= 4 is 63.3 Å². The number of halogens is 2. The van der Waals surface area contributed by atoms with E-state index in [1.807, 2.05) is 18.4 Å². The van der Waals surface area contributed by atoms with Crippen LogP contribution in [0.2, 0.25) is 0 Å². The maximum atomic E-state index is 11.6. The van der Waals surface area contributed by atoms with E-state index in [1.54, 1.807) is 16.2 Å². The molecule has 0 unspecified atom stereocenters. The van der Waals surface area contributed by atoms with Gasteiger partial charge in [-0.3, -0.25) is 0 Å². The van der Waals surface area contributed by atoms with E-state index in [2.05, 4.69) is 26.2 Å². The van der Waals surface area contributed by atoms with Crippen molar-refractivity contribution in [2.24, 2.45) is 10.7 Å². The van der Waals surface area contributed by atoms with Crippen LogP contribution in [0.3, 0.4) is 0 Å². The average molecular weight is 517 g/mol. The van der Waals surface area contributed by atoms with Gasteiger partial charge in [-0.2, -0.15) is 0 Å². The van der Waals surface area contributed by atoms with Crippen LogP contribution in [0, 0.1) is 0 Å². The van der Waals surface area contributed by atoms with Gasteiger partial charge in [-0.05, 0) is 41.8 Å². The molecule has 6 nitrogen and oxygen atoms in total. The molecule has 2 heterocycles. The van der Waals surface area contributed by atoms with Gasteiger partial charge in [0.1, 0.15) is 0 Å². The van der Waals surface area contributed by atoms with E-state index in [0.717, 1.165) is 22.2 Å². The lowest BCUT2D eigenvalue weighted by Crippen LogP contribution is -2.48. The van der Waals surface area contributed by atoms with Gasteiger partial charge in [-0.15, -0.1) is 35.3 Å². The minimum atomic E-state index is -0.231. The molecule has 0 aromatic carbocycles. The number of nitrogens with one attached hydrogen (secondary N) is 1. The number of hydrogen-bond acceptors (Lipinski definition) is 4. The number of nitrogens with two attached hydrogens (primary N) is 1. The molecule has 0 bridgehead atoms. The molecule has 1 fully saturated rings. The highest BCUT2D eigenvalue weighted by molar-refractivity contribution is 14.0. The molecule has 1 aromatic rings. The molecule has 1 aliphatic heterocycles. The summed E-state index contributed by atoms with van der Waals surface area (Å²) in [6, 6.07) is 2.30. The van der Waals surface area contributed by atoms with Crippen LogP contribution in [0.15, 0.2) is 20.9 Å². The second-order valence-electron chi connectivity index (χ2n) is 5.04. The van der Waals surface area contributed by atoms with E-state index in [-0.39, 0.29) is 36.1 Å². The molecular weight excluding hydrogens is 495 g/mol. The van der Waals surface area contributed by atoms with Crippen LogP contribution < -0.4 is 11.1 Å². The second-order valence-corrected chi connectivity index (χ2v) is 6.95. The van der Waals surface area contributed by atoms with Crippen molar-refractivity contribution in [3.63, 3.8) is 0 Å². The van der Waals surface area contributed by atoms with E-state index in [0.29, 0.717) is 32.2 Å². The summed E-state index contributed by atoms with van der Waals surface area (Å²) < 4.78 is 6.07. The molecule has 3 N–H and O–H groups in total. The lowest BCUT2D eigenvalue weighted by Gasteiger charge is -2.31. The van der Waals surface area contributed by atoms with Crippen LogP contribution in [-0.2, 0) is 11.3 Å². The minimum absolute atomic E-state index is 0. The van der Waals surface area contributed by atoms with Gasteiger partial charge < -0.3 is 20.7 Å². The largest absolute Gasteiger partial charge is 0.450 e. The number of thiophene rings is 1. The number of likely N-dealkylation sites (tertiary alicyclic amines) is 1. The summed E-state index contributed by atoms with van der Waals surface area (Å²) in [4.78, 5) is 18.9. The van der Waals surface area contributed by atoms with Gasteiger partial charge in [0.25, 0.3) is 0 Å². The van der Waals surface area contributed by atoms with E-state index < -0.39 is 0 Å². The zero-order chi connectivity index (χ0) is 15.9. The van der Waals surface area contributed by atoms with E-state index in [9.17, 15) is 4.79 Å². The first-order valence-electron chi connectivity index (χ1n) is 7.29. The van der Waals surface area contributed by atoms with Gasteiger partial charge in [0, 0.05) is 33.9 Å². The highest BCUT2D eigenvalue weighted by atomic mass is 127. The number of nitrogens with zero attached hydrogens (tertiary/aromatic N) is 2. The third kappa shape index (κ3) is 6.84. The predicted molar refractivity (Wildman–Crippen MR) is 108 cm³/mol. The van der Waals surface area contributed by atoms with Crippen LogP contribution in [0.1, 0.15) is 24.6 Å². The summed E-state index contributed by atoms with van der Waals surface area (Å²) in [5.41, 5.74) is 5.93. The Hall–Kier alpha value is -0.550. The second kappa shape index (κ2) is 10.3. The lowest BCUT2D eigenvalue weighted by molar-refractivity contribution is 0.0963. The molecular formula is C14H22BrIN4O2S. The van der Waals surface area contributed by atoms with Crippen LogP contribution in [-0.4, -0.2) is 42.7 Å². The molecule has 9 heteroatoms. The quantitative estimate of drug-likeness (QED) is 0.366. The van der Waals surface area contributed by atoms with Crippen LogP contribution in [0.4, 0.5) is 4.79 Å². The van der Waals surface area contributed by atoms with Crippen molar-refractivity contribution in [3.8, 4) is 0 Å². The number of carbonyl (C=O) groups is 1. The van der Waals surface area contributed by atoms with Crippen molar-refractivity contribution in [2.75, 3.05) is 19.7 Å². The smallest absolute Gasteiger partial charge is 0.409 e. The highest BCUT2D eigenvalue weighted by Crippen LogP contribution is 2.20. The maximum Gasteiger partial charge on any atom is 0.409 e. The van der Waals surface area contributed by atoms with Gasteiger partial charge in [-0.25, -0.2) is 9.79 Å². The van der Waals surface area contributed by atoms with E-state index in [1.165, 1.54) is 0 Å². The SMILES string of the molecule is CCOC(=O)N1CCC(NC(N)=NCc2cc(Br)cs2)CC1.I. The molecule has 0 radical (unpaired) electrons. The Morgan fingerprint density at radius 2 is 2.26 bits per heavy atom. The van der Waals surface area contributed by atoms with Gasteiger partial charge in [-0.1, -0.05) is 0 Å². The average Bonchev–Trinajstić information content (AvgIpc) is 2.92. The Kier molecular flexibility index (Phi) is 9.22. The van der Waals surface area contributed by atoms with Gasteiger partial charge in [0.05, 0.1) is 13.2 Å². The molecule has 1 aromatic heterocycles. The Balaban J connectivity index is 0.00000264. The summed E-state index contributed by atoms with van der Waals surface area (Å²) >= 11 is 5.07. The van der Waals surface area contributed by atoms with Crippen LogP contribution in [0.25, 0.3) is 0 Å². The first kappa shape index (κ1) is 20.5. The summed E-state index contributed by atoms with van der Waals surface area (Å²) in [5, 5.41) is 5.26. The number of carbonyl (C=O) groups excluding carboxylic acids is 1. The normalized spacial score (nSPS) is 15.9. The molecule has 0 aliphatic carbocycles. The number of ether oxygens (including phenoxy) is 1. The Morgan fingerprint density at radius 1 is 1.57 bits per heavy atom. The zero-order valence-electron chi connectivity index (χ0n) is 13.0. The first-order chi connectivity index (χ1) is 10.6. The molecule has 2 rings (SSSR count). The summed E-state index contributed by atoms with van der Waals surface area (Å²) in [6.45, 7) is 4.17. The van der Waals surface area contributed by atoms with Gasteiger partial charge in [0.15, 0.2) is 5.96 Å². The summed E-state index contributed by atoms with van der Waals surface area (Å²) in [6.07, 6.45) is 1.46. The van der Waals surface area contributed by atoms with Crippen molar-refractivity contribution in [1.29, 1.82) is 0 Å². The van der Waals surface area contributed by atoms with E-state index >= 15 is 0 Å². The molecule has 0 atom stereocenters. The van der Waals surface area contributed by atoms with Crippen molar-refractivity contribution in [1.82, 2.24) is 10.2 Å². The Bertz CT molecular complexity index is 533. The molecule has 1 amide bonds. The molecule has 130 valence electrons. The fourth-order valence-electron chi connectivity index (χ4n) is 2.28. The monoisotopic (exact) mass is 516 g/mol. The van der Waals surface area contributed by atoms with Crippen molar-refractivity contribution < 1.29 is 9.53 Å². The maximum absolute atomic E-state index is 11.6. The number of piperidine rings is 1. The molecule has 1 saturated heterocycles. The van der Waals surface area contributed by atoms with Crippen molar-refractivity contribution in [2.45, 2.75) is 32.4 Å². The standard InChI is InChI=1S/C14H21BrN4O2S.HI/c1-2-21-14(20)19-5-3-11(4-6-19)18-13(16)17-8-12-7-10(15)9-22-12;/h7,9,11H,2-6,8H2,1H3,(H3,16,17,18);1H. The van der Waals surface area contributed by atoms with Crippen molar-refractivity contribution in [3.05, 3.63) is 20.8 Å². The fraction of sp³-hybridized carbons (Fsp3) is 0.571. The molecule has 0 spiro atoms. The topological polar surface area (TPSA) is 80.0 Å². The Labute approximate surface area is 166 Å². The molecule has 0 saturated carbocycles. The summed E-state index contributed by atoms with van der Waals surface area (Å²) in [5.74, 6) is 0.458. The number of hydrogen-bond donors (Lipinski definition) is 2. The number of aliphatic imine (C=N–C) groups is 1. The molecule has 1 aliphatic rings. The van der Waals surface area contributed by atoms with Crippen LogP contribution in [0.5, 0.6) is 0 Å². The highest BCUT2D eigenvalue weighted by Gasteiger charge is 2.23. The zero-order valence-corrected chi connectivity index (χ0v) is 17.7. The van der Waals surface area contributed by atoms with Crippen LogP contribution >= 0.6 is 51.2 Å². The lowest BCUT2D eigenvalue weighted by atomic mass is 10.1.